The minimum Gasteiger partial charge on any atom is -0.508 e. The van der Waals surface area contributed by atoms with Gasteiger partial charge in [0.05, 0.1) is 7.11 Å². The van der Waals surface area contributed by atoms with Gasteiger partial charge >= 0.3 is 0 Å². The second kappa shape index (κ2) is 5.83. The summed E-state index contributed by atoms with van der Waals surface area (Å²) in [6.07, 6.45) is 0.847. The van der Waals surface area contributed by atoms with Gasteiger partial charge in [0, 0.05) is 9.79 Å². The molecular weight excluding hydrogens is 244 g/mol. The van der Waals surface area contributed by atoms with Gasteiger partial charge in [-0.05, 0) is 48.4 Å². The van der Waals surface area contributed by atoms with Gasteiger partial charge in [-0.25, -0.2) is 0 Å². The Labute approximate surface area is 112 Å². The molecule has 18 heavy (non-hydrogen) atoms. The number of methoxy groups -OCH3 is 1. The van der Waals surface area contributed by atoms with Crippen LogP contribution in [-0.4, -0.2) is 12.2 Å². The molecule has 0 bridgehead atoms. The summed E-state index contributed by atoms with van der Waals surface area (Å²) in [4.78, 5) is 2.16. The van der Waals surface area contributed by atoms with Crippen molar-refractivity contribution in [2.75, 3.05) is 7.11 Å². The summed E-state index contributed by atoms with van der Waals surface area (Å²) < 4.78 is 5.12. The molecule has 2 nitrogen and oxygen atoms in total. The number of phenolic OH excluding ortho intramolecular Hbond substituents is 1. The summed E-state index contributed by atoms with van der Waals surface area (Å²) in [5.41, 5.74) is 0.981. The number of phenols is 1. The fraction of sp³-hybridized carbons (Fsp3) is 0.200. The van der Waals surface area contributed by atoms with Crippen molar-refractivity contribution in [2.24, 2.45) is 0 Å². The lowest BCUT2D eigenvalue weighted by Crippen LogP contribution is -1.83. The molecule has 1 N–H and O–H groups in total. The molecule has 0 saturated heterocycles. The molecule has 0 heterocycles. The maximum Gasteiger partial charge on any atom is 0.119 e. The van der Waals surface area contributed by atoms with E-state index in [4.69, 9.17) is 4.74 Å². The van der Waals surface area contributed by atoms with Gasteiger partial charge in [0.25, 0.3) is 0 Å². The van der Waals surface area contributed by atoms with E-state index in [2.05, 4.69) is 0 Å². The van der Waals surface area contributed by atoms with Crippen LogP contribution in [0.25, 0.3) is 0 Å². The van der Waals surface area contributed by atoms with Crippen LogP contribution >= 0.6 is 11.8 Å². The Bertz CT molecular complexity index is 521. The van der Waals surface area contributed by atoms with Gasteiger partial charge in [-0.15, -0.1) is 0 Å². The molecule has 0 aliphatic carbocycles. The smallest absolute Gasteiger partial charge is 0.119 e. The second-order valence-electron chi connectivity index (χ2n) is 3.92. The van der Waals surface area contributed by atoms with Crippen LogP contribution in [0.15, 0.2) is 52.3 Å². The van der Waals surface area contributed by atoms with Gasteiger partial charge in [-0.3, -0.25) is 0 Å². The lowest BCUT2D eigenvalue weighted by molar-refractivity contribution is 0.414. The van der Waals surface area contributed by atoms with Crippen LogP contribution in [0.2, 0.25) is 0 Å². The van der Waals surface area contributed by atoms with Crippen molar-refractivity contribution < 1.29 is 9.84 Å². The molecule has 0 saturated carbocycles. The largest absolute Gasteiger partial charge is 0.508 e. The zero-order valence-corrected chi connectivity index (χ0v) is 11.3. The normalized spacial score (nSPS) is 10.3. The summed E-state index contributed by atoms with van der Waals surface area (Å²) in [5.74, 6) is 1.22. The van der Waals surface area contributed by atoms with E-state index in [0.717, 1.165) is 27.5 Å². The minimum atomic E-state index is 0.371. The minimum absolute atomic E-state index is 0.371. The molecular formula is C15H16O2S. The zero-order chi connectivity index (χ0) is 13.0. The predicted molar refractivity (Wildman–Crippen MR) is 74.6 cm³/mol. The van der Waals surface area contributed by atoms with E-state index in [1.165, 1.54) is 0 Å². The molecule has 0 atom stereocenters. The maximum atomic E-state index is 9.82. The highest BCUT2D eigenvalue weighted by Gasteiger charge is 2.03. The average Bonchev–Trinajstić information content (AvgIpc) is 2.40. The van der Waals surface area contributed by atoms with Crippen molar-refractivity contribution >= 4 is 11.8 Å². The third-order valence-corrected chi connectivity index (χ3v) is 3.73. The Morgan fingerprint density at radius 2 is 1.72 bits per heavy atom. The van der Waals surface area contributed by atoms with Crippen LogP contribution in [0.3, 0.4) is 0 Å². The SMILES string of the molecule is CCc1ccc(Sc2ccc(OC)cc2)cc1O. The first-order valence-electron chi connectivity index (χ1n) is 5.86. The van der Waals surface area contributed by atoms with E-state index in [1.54, 1.807) is 18.9 Å². The molecule has 0 amide bonds. The Morgan fingerprint density at radius 3 is 2.28 bits per heavy atom. The summed E-state index contributed by atoms with van der Waals surface area (Å²) in [6, 6.07) is 13.7. The molecule has 2 aromatic rings. The van der Waals surface area contributed by atoms with Crippen LogP contribution in [0.1, 0.15) is 12.5 Å². The summed E-state index contributed by atoms with van der Waals surface area (Å²) in [5, 5.41) is 9.82. The van der Waals surface area contributed by atoms with E-state index in [1.807, 2.05) is 49.4 Å². The van der Waals surface area contributed by atoms with E-state index >= 15 is 0 Å². The van der Waals surface area contributed by atoms with Crippen molar-refractivity contribution in [3.8, 4) is 11.5 Å². The van der Waals surface area contributed by atoms with Crippen LogP contribution in [0, 0.1) is 0 Å². The fourth-order valence-electron chi connectivity index (χ4n) is 1.69. The topological polar surface area (TPSA) is 29.5 Å². The van der Waals surface area contributed by atoms with Gasteiger partial charge in [0.15, 0.2) is 0 Å². The van der Waals surface area contributed by atoms with E-state index in [9.17, 15) is 5.11 Å². The highest BCUT2D eigenvalue weighted by molar-refractivity contribution is 7.99. The molecule has 2 rings (SSSR count). The molecule has 0 aliphatic heterocycles. The van der Waals surface area contributed by atoms with Gasteiger partial charge in [-0.2, -0.15) is 0 Å². The lowest BCUT2D eigenvalue weighted by atomic mass is 10.1. The van der Waals surface area contributed by atoms with Crippen molar-refractivity contribution in [3.05, 3.63) is 48.0 Å². The molecule has 0 aliphatic rings. The zero-order valence-electron chi connectivity index (χ0n) is 10.5. The average molecular weight is 260 g/mol. The number of ether oxygens (including phenoxy) is 1. The standard InChI is InChI=1S/C15H16O2S/c1-3-11-4-7-14(10-15(11)16)18-13-8-5-12(17-2)6-9-13/h4-10,16H,3H2,1-2H3. The molecule has 94 valence electrons. The van der Waals surface area contributed by atoms with Crippen LogP contribution < -0.4 is 4.74 Å². The van der Waals surface area contributed by atoms with Crippen LogP contribution in [-0.2, 0) is 6.42 Å². The number of benzene rings is 2. The van der Waals surface area contributed by atoms with E-state index in [-0.39, 0.29) is 0 Å². The molecule has 0 fully saturated rings. The van der Waals surface area contributed by atoms with Gasteiger partial charge < -0.3 is 9.84 Å². The third kappa shape index (κ3) is 2.99. The van der Waals surface area contributed by atoms with E-state index in [0.29, 0.717) is 5.75 Å². The van der Waals surface area contributed by atoms with Crippen LogP contribution in [0.5, 0.6) is 11.5 Å². The van der Waals surface area contributed by atoms with Crippen molar-refractivity contribution in [1.29, 1.82) is 0 Å². The maximum absolute atomic E-state index is 9.82. The van der Waals surface area contributed by atoms with Gasteiger partial charge in [-0.1, -0.05) is 24.8 Å². The fourth-order valence-corrected chi connectivity index (χ4v) is 2.54. The van der Waals surface area contributed by atoms with E-state index < -0.39 is 0 Å². The Hall–Kier alpha value is -1.61. The van der Waals surface area contributed by atoms with Gasteiger partial charge in [0.2, 0.25) is 0 Å². The lowest BCUT2D eigenvalue weighted by Gasteiger charge is -2.06. The van der Waals surface area contributed by atoms with Crippen molar-refractivity contribution in [2.45, 2.75) is 23.1 Å². The predicted octanol–water partition coefficient (Wildman–Crippen LogP) is 4.11. The summed E-state index contributed by atoms with van der Waals surface area (Å²) in [7, 11) is 1.66. The highest BCUT2D eigenvalue weighted by Crippen LogP contribution is 2.32. The van der Waals surface area contributed by atoms with Crippen molar-refractivity contribution in [3.63, 3.8) is 0 Å². The number of rotatable bonds is 4. The summed E-state index contributed by atoms with van der Waals surface area (Å²) >= 11 is 1.62. The summed E-state index contributed by atoms with van der Waals surface area (Å²) in [6.45, 7) is 2.03. The number of hydrogen-bond donors (Lipinski definition) is 1. The molecule has 3 heteroatoms. The third-order valence-electron chi connectivity index (χ3n) is 2.73. The second-order valence-corrected chi connectivity index (χ2v) is 5.07. The number of aryl methyl sites for hydroxylation is 1. The number of aromatic hydroxyl groups is 1. The number of hydrogen-bond acceptors (Lipinski definition) is 3. The molecule has 0 unspecified atom stereocenters. The monoisotopic (exact) mass is 260 g/mol. The Kier molecular flexibility index (Phi) is 4.15. The van der Waals surface area contributed by atoms with Crippen LogP contribution in [0.4, 0.5) is 0 Å². The first kappa shape index (κ1) is 12.8. The molecule has 0 spiro atoms. The highest BCUT2D eigenvalue weighted by atomic mass is 32.2. The Morgan fingerprint density at radius 1 is 1.06 bits per heavy atom. The van der Waals surface area contributed by atoms with Gasteiger partial charge in [0.1, 0.15) is 11.5 Å². The first-order valence-corrected chi connectivity index (χ1v) is 6.68. The molecule has 0 aromatic heterocycles. The molecule has 2 aromatic carbocycles. The first-order chi connectivity index (χ1) is 8.72. The molecule has 0 radical (unpaired) electrons. The quantitative estimate of drug-likeness (QED) is 0.897. The van der Waals surface area contributed by atoms with Crippen molar-refractivity contribution in [1.82, 2.24) is 0 Å². The Balaban J connectivity index is 2.15.